The van der Waals surface area contributed by atoms with Crippen LogP contribution in [0.15, 0.2) is 60.9 Å². The first-order chi connectivity index (χ1) is 15.1. The second-order valence-electron chi connectivity index (χ2n) is 7.48. The first-order valence-corrected chi connectivity index (χ1v) is 10.5. The van der Waals surface area contributed by atoms with Gasteiger partial charge in [0, 0.05) is 31.0 Å². The van der Waals surface area contributed by atoms with Crippen molar-refractivity contribution < 1.29 is 13.9 Å². The van der Waals surface area contributed by atoms with E-state index in [9.17, 15) is 9.18 Å². The molecule has 6 nitrogen and oxygen atoms in total. The molecule has 1 fully saturated rings. The second-order valence-corrected chi connectivity index (χ2v) is 7.48. The maximum absolute atomic E-state index is 13.1. The van der Waals surface area contributed by atoms with Crippen molar-refractivity contribution in [2.24, 2.45) is 5.92 Å². The number of ether oxygens (including phenoxy) is 1. The van der Waals surface area contributed by atoms with Gasteiger partial charge in [-0.15, -0.1) is 0 Å². The number of anilines is 2. The zero-order valence-electron chi connectivity index (χ0n) is 17.4. The van der Waals surface area contributed by atoms with E-state index in [1.807, 2.05) is 36.1 Å². The summed E-state index contributed by atoms with van der Waals surface area (Å²) >= 11 is 0. The van der Waals surface area contributed by atoms with Crippen LogP contribution in [0.1, 0.15) is 19.8 Å². The summed E-state index contributed by atoms with van der Waals surface area (Å²) in [5.41, 5.74) is 2.37. The van der Waals surface area contributed by atoms with E-state index in [0.29, 0.717) is 30.5 Å². The van der Waals surface area contributed by atoms with E-state index in [-0.39, 0.29) is 17.6 Å². The van der Waals surface area contributed by atoms with Crippen LogP contribution in [-0.2, 0) is 4.79 Å². The van der Waals surface area contributed by atoms with Crippen molar-refractivity contribution in [3.05, 3.63) is 66.7 Å². The van der Waals surface area contributed by atoms with Crippen molar-refractivity contribution in [3.8, 4) is 16.9 Å². The Morgan fingerprint density at radius 3 is 2.61 bits per heavy atom. The van der Waals surface area contributed by atoms with Crippen molar-refractivity contribution in [2.75, 3.05) is 29.9 Å². The Hall–Kier alpha value is -3.48. The summed E-state index contributed by atoms with van der Waals surface area (Å²) in [5, 5.41) is 3.01. The average Bonchev–Trinajstić information content (AvgIpc) is 2.81. The predicted octanol–water partition coefficient (Wildman–Crippen LogP) is 4.54. The zero-order chi connectivity index (χ0) is 21.6. The summed E-state index contributed by atoms with van der Waals surface area (Å²) in [7, 11) is 0. The lowest BCUT2D eigenvalue weighted by Crippen LogP contribution is -2.41. The molecule has 3 aromatic rings. The van der Waals surface area contributed by atoms with Gasteiger partial charge in [0.15, 0.2) is 0 Å². The number of amides is 1. The second kappa shape index (κ2) is 9.55. The van der Waals surface area contributed by atoms with Gasteiger partial charge in [-0.3, -0.25) is 4.79 Å². The molecule has 2 aromatic carbocycles. The number of para-hydroxylation sites is 2. The molecule has 1 N–H and O–H groups in total. The van der Waals surface area contributed by atoms with Gasteiger partial charge in [-0.1, -0.05) is 24.3 Å². The fourth-order valence-corrected chi connectivity index (χ4v) is 3.73. The van der Waals surface area contributed by atoms with Gasteiger partial charge in [-0.2, -0.15) is 0 Å². The fourth-order valence-electron chi connectivity index (χ4n) is 3.73. The number of nitrogens with one attached hydrogen (secondary N) is 1. The molecule has 0 radical (unpaired) electrons. The van der Waals surface area contributed by atoms with Gasteiger partial charge < -0.3 is 15.0 Å². The molecule has 7 heteroatoms. The van der Waals surface area contributed by atoms with Crippen molar-refractivity contribution in [1.82, 2.24) is 9.97 Å². The molecule has 160 valence electrons. The summed E-state index contributed by atoms with van der Waals surface area (Å²) < 4.78 is 18.7. The molecule has 1 aliphatic heterocycles. The first kappa shape index (κ1) is 20.8. The highest BCUT2D eigenvalue weighted by molar-refractivity contribution is 5.94. The average molecular weight is 420 g/mol. The molecule has 1 amide bonds. The zero-order valence-corrected chi connectivity index (χ0v) is 17.4. The number of piperidine rings is 1. The van der Waals surface area contributed by atoms with Gasteiger partial charge in [-0.25, -0.2) is 14.4 Å². The lowest BCUT2D eigenvalue weighted by molar-refractivity contribution is -0.120. The van der Waals surface area contributed by atoms with Crippen LogP contribution >= 0.6 is 0 Å². The molecule has 1 atom stereocenters. The molecule has 1 aliphatic rings. The summed E-state index contributed by atoms with van der Waals surface area (Å²) in [6.07, 6.45) is 5.16. The van der Waals surface area contributed by atoms with Crippen LogP contribution in [0.5, 0.6) is 5.75 Å². The largest absolute Gasteiger partial charge is 0.492 e. The van der Waals surface area contributed by atoms with Crippen molar-refractivity contribution in [3.63, 3.8) is 0 Å². The minimum atomic E-state index is -0.275. The van der Waals surface area contributed by atoms with E-state index in [0.717, 1.165) is 30.5 Å². The maximum atomic E-state index is 13.1. The molecule has 0 bridgehead atoms. The third-order valence-electron chi connectivity index (χ3n) is 5.34. The molecule has 0 aliphatic carbocycles. The van der Waals surface area contributed by atoms with E-state index in [1.54, 1.807) is 24.5 Å². The number of hydrogen-bond acceptors (Lipinski definition) is 5. The maximum Gasteiger partial charge on any atom is 0.229 e. The topological polar surface area (TPSA) is 67.3 Å². The lowest BCUT2D eigenvalue weighted by atomic mass is 9.97. The predicted molar refractivity (Wildman–Crippen MR) is 119 cm³/mol. The molecule has 2 heterocycles. The molecule has 1 aromatic heterocycles. The van der Waals surface area contributed by atoms with Gasteiger partial charge in [0.25, 0.3) is 0 Å². The summed E-state index contributed by atoms with van der Waals surface area (Å²) in [6, 6.07) is 13.7. The van der Waals surface area contributed by atoms with E-state index in [1.165, 1.54) is 12.1 Å². The van der Waals surface area contributed by atoms with Gasteiger partial charge in [0.2, 0.25) is 11.9 Å². The molecule has 31 heavy (non-hydrogen) atoms. The van der Waals surface area contributed by atoms with E-state index >= 15 is 0 Å². The highest BCUT2D eigenvalue weighted by Gasteiger charge is 2.27. The van der Waals surface area contributed by atoms with Gasteiger partial charge >= 0.3 is 0 Å². The quantitative estimate of drug-likeness (QED) is 0.634. The van der Waals surface area contributed by atoms with Crippen LogP contribution in [0, 0.1) is 11.7 Å². The highest BCUT2D eigenvalue weighted by Crippen LogP contribution is 2.27. The Labute approximate surface area is 181 Å². The van der Waals surface area contributed by atoms with E-state index < -0.39 is 0 Å². The molecular weight excluding hydrogens is 395 g/mol. The van der Waals surface area contributed by atoms with Crippen LogP contribution in [0.2, 0.25) is 0 Å². The third kappa shape index (κ3) is 4.99. The minimum Gasteiger partial charge on any atom is -0.492 e. The first-order valence-electron chi connectivity index (χ1n) is 10.5. The van der Waals surface area contributed by atoms with Crippen molar-refractivity contribution in [2.45, 2.75) is 19.8 Å². The third-order valence-corrected chi connectivity index (χ3v) is 5.34. The van der Waals surface area contributed by atoms with Gasteiger partial charge in [0.05, 0.1) is 18.2 Å². The Morgan fingerprint density at radius 2 is 1.87 bits per heavy atom. The van der Waals surface area contributed by atoms with E-state index in [2.05, 4.69) is 15.3 Å². The Morgan fingerprint density at radius 1 is 1.13 bits per heavy atom. The fraction of sp³-hybridized carbons (Fsp3) is 0.292. The smallest absolute Gasteiger partial charge is 0.229 e. The van der Waals surface area contributed by atoms with Crippen LogP contribution in [0.25, 0.3) is 11.1 Å². The van der Waals surface area contributed by atoms with Crippen molar-refractivity contribution in [1.29, 1.82) is 0 Å². The number of halogens is 1. The SMILES string of the molecule is CCOc1ccccc1NC(=O)C1CCCN(c2ncc(-c3ccc(F)cc3)cn2)C1. The van der Waals surface area contributed by atoms with Gasteiger partial charge in [0.1, 0.15) is 11.6 Å². The van der Waals surface area contributed by atoms with Crippen LogP contribution < -0.4 is 15.0 Å². The summed E-state index contributed by atoms with van der Waals surface area (Å²) in [5.74, 6) is 0.801. The number of rotatable bonds is 6. The van der Waals surface area contributed by atoms with Crippen LogP contribution in [0.4, 0.5) is 16.0 Å². The Kier molecular flexibility index (Phi) is 6.40. The highest BCUT2D eigenvalue weighted by atomic mass is 19.1. The lowest BCUT2D eigenvalue weighted by Gasteiger charge is -2.32. The monoisotopic (exact) mass is 420 g/mol. The normalized spacial score (nSPS) is 16.1. The molecule has 1 unspecified atom stereocenters. The number of benzene rings is 2. The van der Waals surface area contributed by atoms with Crippen molar-refractivity contribution >= 4 is 17.5 Å². The molecule has 1 saturated heterocycles. The number of carbonyl (C=O) groups excluding carboxylic acids is 1. The number of nitrogens with zero attached hydrogens (tertiary/aromatic N) is 3. The number of hydrogen-bond donors (Lipinski definition) is 1. The number of carbonyl (C=O) groups is 1. The number of aromatic nitrogens is 2. The molecule has 4 rings (SSSR count). The molecular formula is C24H25FN4O2. The van der Waals surface area contributed by atoms with Gasteiger partial charge in [-0.05, 0) is 49.6 Å². The van der Waals surface area contributed by atoms with Crippen LogP contribution in [-0.4, -0.2) is 35.6 Å². The standard InChI is InChI=1S/C24H25FN4O2/c1-2-31-22-8-4-3-7-21(22)28-23(30)18-6-5-13-29(16-18)24-26-14-19(15-27-24)17-9-11-20(25)12-10-17/h3-4,7-12,14-15,18H,2,5-6,13,16H2,1H3,(H,28,30). The summed E-state index contributed by atoms with van der Waals surface area (Å²) in [4.78, 5) is 23.9. The summed E-state index contributed by atoms with van der Waals surface area (Å²) in [6.45, 7) is 3.81. The molecule has 0 saturated carbocycles. The van der Waals surface area contributed by atoms with E-state index in [4.69, 9.17) is 4.74 Å². The Bertz CT molecular complexity index is 1020. The van der Waals surface area contributed by atoms with Crippen LogP contribution in [0.3, 0.4) is 0 Å². The molecule has 0 spiro atoms. The Balaban J connectivity index is 1.42. The minimum absolute atomic E-state index is 0.0280.